The monoisotopic (exact) mass is 274 g/mol. The Morgan fingerprint density at radius 1 is 0.950 bits per heavy atom. The molecule has 0 bridgehead atoms. The summed E-state index contributed by atoms with van der Waals surface area (Å²) >= 11 is 0. The summed E-state index contributed by atoms with van der Waals surface area (Å²) in [5.74, 6) is 1.43. The summed E-state index contributed by atoms with van der Waals surface area (Å²) in [5.41, 5.74) is 3.41. The van der Waals surface area contributed by atoms with Crippen LogP contribution in [0.1, 0.15) is 84.3 Å². The van der Waals surface area contributed by atoms with E-state index >= 15 is 0 Å². The third-order valence-corrected chi connectivity index (χ3v) is 4.47. The summed E-state index contributed by atoms with van der Waals surface area (Å²) in [6, 6.07) is 9.45. The average molecular weight is 274 g/mol. The molecule has 114 valence electrons. The van der Waals surface area contributed by atoms with Crippen LogP contribution in [-0.4, -0.2) is 0 Å². The molecule has 0 aliphatic heterocycles. The van der Waals surface area contributed by atoms with E-state index in [-0.39, 0.29) is 0 Å². The highest BCUT2D eigenvalue weighted by Crippen LogP contribution is 2.43. The van der Waals surface area contributed by atoms with Gasteiger partial charge in [-0.2, -0.15) is 0 Å². The van der Waals surface area contributed by atoms with Gasteiger partial charge in [0.15, 0.2) is 0 Å². The highest BCUT2D eigenvalue weighted by molar-refractivity contribution is 5.27. The molecular weight excluding hydrogens is 240 g/mol. The zero-order chi connectivity index (χ0) is 15.2. The minimum Gasteiger partial charge on any atom is -0.0654 e. The Morgan fingerprint density at radius 3 is 2.00 bits per heavy atom. The highest BCUT2D eigenvalue weighted by atomic mass is 14.3. The molecule has 1 aromatic rings. The van der Waals surface area contributed by atoms with Gasteiger partial charge in [0, 0.05) is 0 Å². The predicted molar refractivity (Wildman–Crippen MR) is 91.3 cm³/mol. The van der Waals surface area contributed by atoms with Crippen LogP contribution in [0.2, 0.25) is 0 Å². The Labute approximate surface area is 127 Å². The van der Waals surface area contributed by atoms with Crippen molar-refractivity contribution in [1.82, 2.24) is 0 Å². The van der Waals surface area contributed by atoms with Gasteiger partial charge in [0.2, 0.25) is 0 Å². The largest absolute Gasteiger partial charge is 0.0654 e. The predicted octanol–water partition coefficient (Wildman–Crippen LogP) is 6.60. The molecule has 0 saturated carbocycles. The zero-order valence-corrected chi connectivity index (χ0v) is 14.5. The number of rotatable bonds is 8. The fraction of sp³-hybridized carbons (Fsp3) is 0.700. The van der Waals surface area contributed by atoms with E-state index in [2.05, 4.69) is 65.8 Å². The van der Waals surface area contributed by atoms with Crippen molar-refractivity contribution in [2.24, 2.45) is 11.3 Å². The molecule has 0 radical (unpaired) electrons. The molecule has 0 aliphatic carbocycles. The van der Waals surface area contributed by atoms with Crippen molar-refractivity contribution in [3.8, 4) is 0 Å². The van der Waals surface area contributed by atoms with E-state index in [1.807, 2.05) is 0 Å². The molecule has 0 heterocycles. The number of hydrogen-bond donors (Lipinski definition) is 0. The molecule has 0 aromatic heterocycles. The lowest BCUT2D eigenvalue weighted by Gasteiger charge is -2.36. The second kappa shape index (κ2) is 7.86. The van der Waals surface area contributed by atoms with E-state index < -0.39 is 0 Å². The van der Waals surface area contributed by atoms with Crippen LogP contribution in [0.25, 0.3) is 0 Å². The fourth-order valence-corrected chi connectivity index (χ4v) is 3.40. The quantitative estimate of drug-likeness (QED) is 0.501. The second-order valence-electron chi connectivity index (χ2n) is 7.41. The highest BCUT2D eigenvalue weighted by Gasteiger charge is 2.30. The third kappa shape index (κ3) is 4.96. The second-order valence-corrected chi connectivity index (χ2v) is 7.41. The van der Waals surface area contributed by atoms with Crippen LogP contribution in [0, 0.1) is 11.3 Å². The first-order chi connectivity index (χ1) is 9.40. The number of aryl methyl sites for hydroxylation is 1. The number of hydrogen-bond acceptors (Lipinski definition) is 0. The first kappa shape index (κ1) is 17.3. The molecule has 0 amide bonds. The van der Waals surface area contributed by atoms with Gasteiger partial charge >= 0.3 is 0 Å². The van der Waals surface area contributed by atoms with Crippen LogP contribution in [0.5, 0.6) is 0 Å². The van der Waals surface area contributed by atoms with Crippen molar-refractivity contribution >= 4 is 0 Å². The lowest BCUT2D eigenvalue weighted by Crippen LogP contribution is -2.23. The summed E-state index contributed by atoms with van der Waals surface area (Å²) in [6.07, 6.45) is 6.31. The number of benzene rings is 1. The summed E-state index contributed by atoms with van der Waals surface area (Å²) in [5, 5.41) is 0. The van der Waals surface area contributed by atoms with Gasteiger partial charge in [0.1, 0.15) is 0 Å². The zero-order valence-electron chi connectivity index (χ0n) is 14.5. The Balaban J connectivity index is 2.97. The van der Waals surface area contributed by atoms with Gasteiger partial charge in [-0.15, -0.1) is 0 Å². The molecule has 0 fully saturated rings. The molecule has 0 N–H and O–H groups in total. The van der Waals surface area contributed by atoms with Gasteiger partial charge in [-0.1, -0.05) is 78.6 Å². The molecule has 0 spiro atoms. The molecule has 1 atom stereocenters. The summed E-state index contributed by atoms with van der Waals surface area (Å²) in [7, 11) is 0. The smallest absolute Gasteiger partial charge is 0.0108 e. The van der Waals surface area contributed by atoms with Crippen LogP contribution in [0.3, 0.4) is 0 Å². The van der Waals surface area contributed by atoms with Gasteiger partial charge < -0.3 is 0 Å². The van der Waals surface area contributed by atoms with E-state index in [1.54, 1.807) is 0 Å². The average Bonchev–Trinajstić information content (AvgIpc) is 2.37. The van der Waals surface area contributed by atoms with E-state index in [0.29, 0.717) is 11.3 Å². The Kier molecular flexibility index (Phi) is 6.79. The van der Waals surface area contributed by atoms with Crippen molar-refractivity contribution in [1.29, 1.82) is 0 Å². The maximum absolute atomic E-state index is 2.45. The molecular formula is C20H34. The molecule has 0 saturated heterocycles. The minimum atomic E-state index is 0.394. The molecule has 1 aromatic carbocycles. The first-order valence-electron chi connectivity index (χ1n) is 8.49. The van der Waals surface area contributed by atoms with Crippen molar-refractivity contribution in [2.45, 2.75) is 79.6 Å². The van der Waals surface area contributed by atoms with E-state index in [1.165, 1.54) is 43.2 Å². The maximum atomic E-state index is 2.45. The lowest BCUT2D eigenvalue weighted by molar-refractivity contribution is 0.230. The molecule has 0 nitrogen and oxygen atoms in total. The van der Waals surface area contributed by atoms with Crippen LogP contribution >= 0.6 is 0 Å². The summed E-state index contributed by atoms with van der Waals surface area (Å²) in [6.45, 7) is 14.1. The third-order valence-electron chi connectivity index (χ3n) is 4.47. The summed E-state index contributed by atoms with van der Waals surface area (Å²) in [4.78, 5) is 0. The molecule has 1 unspecified atom stereocenters. The van der Waals surface area contributed by atoms with E-state index in [0.717, 1.165) is 5.92 Å². The Bertz CT molecular complexity index is 370. The molecule has 0 aliphatic rings. The first-order valence-corrected chi connectivity index (χ1v) is 8.49. The topological polar surface area (TPSA) is 0 Å². The lowest BCUT2D eigenvalue weighted by atomic mass is 9.69. The molecule has 0 heteroatoms. The molecule has 20 heavy (non-hydrogen) atoms. The van der Waals surface area contributed by atoms with Crippen molar-refractivity contribution < 1.29 is 0 Å². The van der Waals surface area contributed by atoms with Crippen LogP contribution < -0.4 is 0 Å². The van der Waals surface area contributed by atoms with Gasteiger partial charge in [-0.25, -0.2) is 0 Å². The van der Waals surface area contributed by atoms with E-state index in [9.17, 15) is 0 Å². The van der Waals surface area contributed by atoms with Crippen molar-refractivity contribution in [3.63, 3.8) is 0 Å². The Hall–Kier alpha value is -0.780. The van der Waals surface area contributed by atoms with Crippen LogP contribution in [0.15, 0.2) is 24.3 Å². The maximum Gasteiger partial charge on any atom is -0.0108 e. The SMILES string of the molecule is CCCc1ccc(C(CC(C)C)C(C)(C)CCC)cc1. The fourth-order valence-electron chi connectivity index (χ4n) is 3.40. The van der Waals surface area contributed by atoms with Crippen LogP contribution in [0.4, 0.5) is 0 Å². The van der Waals surface area contributed by atoms with Crippen LogP contribution in [-0.2, 0) is 6.42 Å². The van der Waals surface area contributed by atoms with Gasteiger partial charge in [-0.05, 0) is 47.6 Å². The van der Waals surface area contributed by atoms with Crippen molar-refractivity contribution in [2.75, 3.05) is 0 Å². The van der Waals surface area contributed by atoms with E-state index in [4.69, 9.17) is 0 Å². The minimum absolute atomic E-state index is 0.394. The standard InChI is InChI=1S/C20H34/c1-7-9-17-10-12-18(13-11-17)19(15-16(3)4)20(5,6)14-8-2/h10-13,16,19H,7-9,14-15H2,1-6H3. The molecule has 1 rings (SSSR count). The van der Waals surface area contributed by atoms with Crippen molar-refractivity contribution in [3.05, 3.63) is 35.4 Å². The van der Waals surface area contributed by atoms with Gasteiger partial charge in [0.25, 0.3) is 0 Å². The Morgan fingerprint density at radius 2 is 1.55 bits per heavy atom. The van der Waals surface area contributed by atoms with Gasteiger partial charge in [0.05, 0.1) is 0 Å². The summed E-state index contributed by atoms with van der Waals surface area (Å²) < 4.78 is 0. The van der Waals surface area contributed by atoms with Gasteiger partial charge in [-0.3, -0.25) is 0 Å². The normalized spacial score (nSPS) is 13.8.